The molecule has 3 N–H and O–H groups in total. The number of anilines is 1. The maximum atomic E-state index is 14.2. The molecule has 1 aromatic heterocycles. The quantitative estimate of drug-likeness (QED) is 0.258. The molecule has 6 rings (SSSR count). The monoisotopic (exact) mass is 549 g/mol. The number of nitrogens with one attached hydrogen (secondary N) is 2. The normalized spacial score (nSPS) is 18.5. The first-order valence-corrected chi connectivity index (χ1v) is 14.6. The van der Waals surface area contributed by atoms with E-state index >= 15 is 0 Å². The number of hydrogen-bond acceptors (Lipinski definition) is 3. The van der Waals surface area contributed by atoms with Crippen LogP contribution in [0.3, 0.4) is 0 Å². The van der Waals surface area contributed by atoms with Crippen LogP contribution in [0.2, 0.25) is 0 Å². The summed E-state index contributed by atoms with van der Waals surface area (Å²) in [6.07, 6.45) is 9.43. The maximum Gasteiger partial charge on any atom is 0.326 e. The van der Waals surface area contributed by atoms with Gasteiger partial charge in [0, 0.05) is 46.4 Å². The van der Waals surface area contributed by atoms with Gasteiger partial charge in [-0.2, -0.15) is 0 Å². The lowest BCUT2D eigenvalue weighted by Gasteiger charge is -2.38. The molecular weight excluding hydrogens is 514 g/mol. The number of carbonyl (C=O) groups excluding carboxylic acids is 2. The maximum absolute atomic E-state index is 14.2. The summed E-state index contributed by atoms with van der Waals surface area (Å²) in [5, 5.41) is 13.6. The number of benzene rings is 3. The third-order valence-electron chi connectivity index (χ3n) is 8.79. The van der Waals surface area contributed by atoms with Crippen molar-refractivity contribution in [2.45, 2.75) is 63.5 Å². The van der Waals surface area contributed by atoms with Gasteiger partial charge in [-0.1, -0.05) is 61.7 Å². The molecule has 210 valence electrons. The Kier molecular flexibility index (Phi) is 7.59. The molecule has 0 bridgehead atoms. The number of hydrogen-bond donors (Lipinski definition) is 3. The van der Waals surface area contributed by atoms with E-state index in [0.717, 1.165) is 53.4 Å². The minimum absolute atomic E-state index is 0.0949. The number of rotatable bonds is 7. The number of carboxylic acid groups (broad SMARTS) is 1. The van der Waals surface area contributed by atoms with Gasteiger partial charge in [0.1, 0.15) is 6.04 Å². The third kappa shape index (κ3) is 5.49. The lowest BCUT2D eigenvalue weighted by Crippen LogP contribution is -2.45. The van der Waals surface area contributed by atoms with Gasteiger partial charge in [0.15, 0.2) is 0 Å². The first-order valence-electron chi connectivity index (χ1n) is 14.6. The number of para-hydroxylation sites is 2. The summed E-state index contributed by atoms with van der Waals surface area (Å²) in [5.41, 5.74) is 4.34. The second-order valence-corrected chi connectivity index (χ2v) is 11.3. The van der Waals surface area contributed by atoms with Crippen LogP contribution in [0.1, 0.15) is 70.4 Å². The van der Waals surface area contributed by atoms with E-state index < -0.39 is 17.9 Å². The van der Waals surface area contributed by atoms with Crippen LogP contribution in [-0.2, 0) is 17.6 Å². The van der Waals surface area contributed by atoms with Gasteiger partial charge in [0.2, 0.25) is 0 Å². The standard InChI is InChI=1S/C34H35N3O4/c38-32(36-30(34(40)41)20-25-21-35-29-14-8-7-13-27(25)29)24-16-15-22-17-18-31(23-9-3-1-4-10-23)37(33(39)28(22)19-24)26-11-5-2-6-12-26/h2,5-8,11-16,19,21,23,30-31,35H,1,3-4,9-10,17-18,20H2,(H,36,38)(H,40,41)/t30-,31?/m0/s1. The third-order valence-corrected chi connectivity index (χ3v) is 8.79. The largest absolute Gasteiger partial charge is 0.480 e. The lowest BCUT2D eigenvalue weighted by molar-refractivity contribution is -0.139. The summed E-state index contributed by atoms with van der Waals surface area (Å²) in [6.45, 7) is 0. The van der Waals surface area contributed by atoms with Crippen LogP contribution in [0.25, 0.3) is 10.9 Å². The van der Waals surface area contributed by atoms with E-state index in [1.165, 1.54) is 19.3 Å². The predicted molar refractivity (Wildman–Crippen MR) is 159 cm³/mol. The van der Waals surface area contributed by atoms with Crippen LogP contribution in [0, 0.1) is 5.92 Å². The van der Waals surface area contributed by atoms with Crippen molar-refractivity contribution >= 4 is 34.4 Å². The molecule has 2 amide bonds. The Morgan fingerprint density at radius 1 is 0.951 bits per heavy atom. The summed E-state index contributed by atoms with van der Waals surface area (Å²) < 4.78 is 0. The molecule has 1 saturated carbocycles. The van der Waals surface area contributed by atoms with E-state index in [9.17, 15) is 19.5 Å². The highest BCUT2D eigenvalue weighted by atomic mass is 16.4. The van der Waals surface area contributed by atoms with E-state index in [-0.39, 0.29) is 23.9 Å². The molecule has 7 nitrogen and oxygen atoms in total. The van der Waals surface area contributed by atoms with E-state index in [1.54, 1.807) is 18.3 Å². The van der Waals surface area contributed by atoms with Crippen LogP contribution in [-0.4, -0.2) is 40.0 Å². The van der Waals surface area contributed by atoms with Gasteiger partial charge >= 0.3 is 5.97 Å². The number of H-pyrrole nitrogens is 1. The zero-order valence-corrected chi connectivity index (χ0v) is 23.0. The first-order chi connectivity index (χ1) is 20.0. The Morgan fingerprint density at radius 3 is 2.49 bits per heavy atom. The van der Waals surface area contributed by atoms with Crippen LogP contribution in [0.4, 0.5) is 5.69 Å². The molecule has 1 unspecified atom stereocenters. The average molecular weight is 550 g/mol. The Labute approximate surface area is 239 Å². The number of fused-ring (bicyclic) bond motifs is 2. The van der Waals surface area contributed by atoms with E-state index in [0.29, 0.717) is 11.5 Å². The van der Waals surface area contributed by atoms with Gasteiger partial charge < -0.3 is 20.3 Å². The van der Waals surface area contributed by atoms with Gasteiger partial charge in [0.25, 0.3) is 11.8 Å². The molecule has 2 heterocycles. The van der Waals surface area contributed by atoms with Crippen molar-refractivity contribution in [1.82, 2.24) is 10.3 Å². The Hall–Kier alpha value is -4.39. The second kappa shape index (κ2) is 11.6. The number of carboxylic acids is 1. The van der Waals surface area contributed by atoms with E-state index in [2.05, 4.69) is 10.3 Å². The van der Waals surface area contributed by atoms with Gasteiger partial charge in [-0.05, 0) is 73.1 Å². The predicted octanol–water partition coefficient (Wildman–Crippen LogP) is 6.14. The molecule has 4 aromatic rings. The van der Waals surface area contributed by atoms with Gasteiger partial charge in [-0.15, -0.1) is 0 Å². The SMILES string of the molecule is O=C(N[C@@H](Cc1c[nH]c2ccccc12)C(=O)O)c1ccc2c(c1)C(=O)N(c1ccccc1)C(C1CCCCC1)CC2. The topological polar surface area (TPSA) is 102 Å². The van der Waals surface area contributed by atoms with Crippen molar-refractivity contribution in [3.63, 3.8) is 0 Å². The summed E-state index contributed by atoms with van der Waals surface area (Å²) in [7, 11) is 0. The fourth-order valence-corrected chi connectivity index (χ4v) is 6.67. The zero-order chi connectivity index (χ0) is 28.3. The molecule has 1 aliphatic heterocycles. The highest BCUT2D eigenvalue weighted by Gasteiger charge is 2.36. The molecule has 2 atom stereocenters. The Balaban J connectivity index is 1.27. The molecule has 41 heavy (non-hydrogen) atoms. The van der Waals surface area contributed by atoms with E-state index in [1.807, 2.05) is 65.6 Å². The number of nitrogens with zero attached hydrogens (tertiary/aromatic N) is 1. The number of aliphatic carboxylic acids is 1. The van der Waals surface area contributed by atoms with Gasteiger partial charge in [-0.25, -0.2) is 4.79 Å². The number of amides is 2. The number of carbonyl (C=O) groups is 3. The van der Waals surface area contributed by atoms with Crippen molar-refractivity contribution in [3.05, 3.63) is 101 Å². The first kappa shape index (κ1) is 26.8. The van der Waals surface area contributed by atoms with Crippen LogP contribution < -0.4 is 10.2 Å². The minimum Gasteiger partial charge on any atom is -0.480 e. The van der Waals surface area contributed by atoms with E-state index in [4.69, 9.17) is 0 Å². The van der Waals surface area contributed by atoms with Crippen molar-refractivity contribution in [1.29, 1.82) is 0 Å². The summed E-state index contributed by atoms with van der Waals surface area (Å²) in [4.78, 5) is 44.9. The molecule has 0 saturated heterocycles. The summed E-state index contributed by atoms with van der Waals surface area (Å²) in [6, 6.07) is 21.7. The Morgan fingerprint density at radius 2 is 1.71 bits per heavy atom. The molecule has 1 fully saturated rings. The van der Waals surface area contributed by atoms with Crippen LogP contribution in [0.5, 0.6) is 0 Å². The van der Waals surface area contributed by atoms with Gasteiger partial charge in [0.05, 0.1) is 0 Å². The fraction of sp³-hybridized carbons (Fsp3) is 0.324. The molecule has 0 spiro atoms. The van der Waals surface area contributed by atoms with Crippen molar-refractivity contribution < 1.29 is 19.5 Å². The molecular formula is C34H35N3O4. The lowest BCUT2D eigenvalue weighted by atomic mass is 9.81. The number of aromatic amines is 1. The summed E-state index contributed by atoms with van der Waals surface area (Å²) >= 11 is 0. The highest BCUT2D eigenvalue weighted by molar-refractivity contribution is 6.09. The minimum atomic E-state index is -1.12. The molecule has 7 heteroatoms. The van der Waals surface area contributed by atoms with Crippen molar-refractivity contribution in [3.8, 4) is 0 Å². The molecule has 1 aliphatic carbocycles. The second-order valence-electron chi connectivity index (χ2n) is 11.3. The molecule has 3 aromatic carbocycles. The van der Waals surface area contributed by atoms with Crippen molar-refractivity contribution in [2.24, 2.45) is 5.92 Å². The zero-order valence-electron chi connectivity index (χ0n) is 23.0. The fourth-order valence-electron chi connectivity index (χ4n) is 6.67. The van der Waals surface area contributed by atoms with Crippen molar-refractivity contribution in [2.75, 3.05) is 4.90 Å². The van der Waals surface area contributed by atoms with Crippen LogP contribution >= 0.6 is 0 Å². The smallest absolute Gasteiger partial charge is 0.326 e. The highest BCUT2D eigenvalue weighted by Crippen LogP contribution is 2.37. The molecule has 0 radical (unpaired) electrons. The van der Waals surface area contributed by atoms with Crippen LogP contribution in [0.15, 0.2) is 79.0 Å². The van der Waals surface area contributed by atoms with Gasteiger partial charge in [-0.3, -0.25) is 9.59 Å². The Bertz CT molecular complexity index is 1570. The number of aromatic nitrogens is 1. The average Bonchev–Trinajstić information content (AvgIpc) is 3.35. The summed E-state index contributed by atoms with van der Waals surface area (Å²) in [5.74, 6) is -1.26. The molecule has 2 aliphatic rings. The number of aryl methyl sites for hydroxylation is 1.